The van der Waals surface area contributed by atoms with E-state index in [9.17, 15) is 9.59 Å². The van der Waals surface area contributed by atoms with Crippen LogP contribution in [0.25, 0.3) is 0 Å². The van der Waals surface area contributed by atoms with E-state index >= 15 is 0 Å². The van der Waals surface area contributed by atoms with Crippen molar-refractivity contribution in [2.45, 2.75) is 19.9 Å². The van der Waals surface area contributed by atoms with Crippen molar-refractivity contribution in [2.24, 2.45) is 0 Å². The summed E-state index contributed by atoms with van der Waals surface area (Å²) >= 11 is 0. The van der Waals surface area contributed by atoms with Gasteiger partial charge in [-0.1, -0.05) is 6.92 Å². The van der Waals surface area contributed by atoms with Crippen LogP contribution in [0.2, 0.25) is 0 Å². The van der Waals surface area contributed by atoms with Crippen LogP contribution >= 0.6 is 0 Å². The molecular formula is C13H21N3O4. The Morgan fingerprint density at radius 3 is 2.85 bits per heavy atom. The number of amides is 3. The highest BCUT2D eigenvalue weighted by Crippen LogP contribution is 1.98. The van der Waals surface area contributed by atoms with Crippen LogP contribution < -0.4 is 10.6 Å². The van der Waals surface area contributed by atoms with Gasteiger partial charge in [-0.2, -0.15) is 0 Å². The summed E-state index contributed by atoms with van der Waals surface area (Å²) < 4.78 is 5.06. The van der Waals surface area contributed by atoms with E-state index in [0.717, 1.165) is 0 Å². The van der Waals surface area contributed by atoms with E-state index in [1.807, 2.05) is 11.8 Å². The van der Waals surface area contributed by atoms with Crippen LogP contribution in [0.3, 0.4) is 0 Å². The highest BCUT2D eigenvalue weighted by Gasteiger charge is 2.11. The van der Waals surface area contributed by atoms with Crippen molar-refractivity contribution in [2.75, 3.05) is 26.2 Å². The molecule has 0 spiro atoms. The smallest absolute Gasteiger partial charge is 0.321 e. The normalized spacial score (nSPS) is 10.6. The van der Waals surface area contributed by atoms with Crippen molar-refractivity contribution in [3.8, 4) is 0 Å². The van der Waals surface area contributed by atoms with Crippen molar-refractivity contribution in [1.82, 2.24) is 15.5 Å². The first kappa shape index (κ1) is 16.2. The molecule has 3 amide bonds. The maximum atomic E-state index is 11.6. The largest absolute Gasteiger partial charge is 0.467 e. The van der Waals surface area contributed by atoms with Gasteiger partial charge in [-0.3, -0.25) is 15.0 Å². The minimum absolute atomic E-state index is 0.0851. The number of imide groups is 1. The Morgan fingerprint density at radius 1 is 1.45 bits per heavy atom. The fraction of sp³-hybridized carbons (Fsp3) is 0.538. The molecule has 0 saturated heterocycles. The molecule has 0 unspecified atom stereocenters. The van der Waals surface area contributed by atoms with Crippen LogP contribution in [0.4, 0.5) is 4.79 Å². The quantitative estimate of drug-likeness (QED) is 0.638. The molecular weight excluding hydrogens is 262 g/mol. The summed E-state index contributed by atoms with van der Waals surface area (Å²) in [6.07, 6.45) is 2.12. The van der Waals surface area contributed by atoms with Gasteiger partial charge in [-0.05, 0) is 25.1 Å². The van der Waals surface area contributed by atoms with E-state index in [-0.39, 0.29) is 25.6 Å². The summed E-state index contributed by atoms with van der Waals surface area (Å²) in [6, 6.07) is 2.90. The molecule has 1 rings (SSSR count). The molecule has 0 radical (unpaired) electrons. The fourth-order valence-electron chi connectivity index (χ4n) is 1.64. The third kappa shape index (κ3) is 6.35. The first-order chi connectivity index (χ1) is 9.65. The van der Waals surface area contributed by atoms with Gasteiger partial charge in [0, 0.05) is 13.2 Å². The zero-order valence-electron chi connectivity index (χ0n) is 11.6. The Morgan fingerprint density at radius 2 is 2.25 bits per heavy atom. The van der Waals surface area contributed by atoms with Gasteiger partial charge in [0.1, 0.15) is 5.76 Å². The molecule has 1 aromatic heterocycles. The third-order valence-corrected chi connectivity index (χ3v) is 2.70. The first-order valence-electron chi connectivity index (χ1n) is 6.59. The zero-order valence-corrected chi connectivity index (χ0v) is 11.6. The van der Waals surface area contributed by atoms with E-state index in [2.05, 4.69) is 10.6 Å². The lowest BCUT2D eigenvalue weighted by atomic mass is 10.3. The molecule has 0 aliphatic heterocycles. The predicted octanol–water partition coefficient (Wildman–Crippen LogP) is 0.310. The maximum Gasteiger partial charge on any atom is 0.321 e. The van der Waals surface area contributed by atoms with E-state index < -0.39 is 6.03 Å². The third-order valence-electron chi connectivity index (χ3n) is 2.70. The maximum absolute atomic E-state index is 11.6. The number of aliphatic hydroxyl groups is 1. The topological polar surface area (TPSA) is 94.8 Å². The van der Waals surface area contributed by atoms with Gasteiger partial charge >= 0.3 is 6.03 Å². The molecule has 7 nitrogen and oxygen atoms in total. The number of carbonyl (C=O) groups is 2. The van der Waals surface area contributed by atoms with Crippen LogP contribution in [0.5, 0.6) is 0 Å². The molecule has 0 aliphatic carbocycles. The molecule has 0 aromatic carbocycles. The van der Waals surface area contributed by atoms with Crippen molar-refractivity contribution < 1.29 is 19.1 Å². The van der Waals surface area contributed by atoms with Crippen molar-refractivity contribution in [3.63, 3.8) is 0 Å². The highest BCUT2D eigenvalue weighted by atomic mass is 16.3. The molecule has 0 fully saturated rings. The molecule has 20 heavy (non-hydrogen) atoms. The molecule has 1 heterocycles. The molecule has 7 heteroatoms. The van der Waals surface area contributed by atoms with Gasteiger partial charge < -0.3 is 14.8 Å². The second kappa shape index (κ2) is 9.11. The average Bonchev–Trinajstić information content (AvgIpc) is 2.94. The van der Waals surface area contributed by atoms with Gasteiger partial charge in [-0.15, -0.1) is 0 Å². The highest BCUT2D eigenvalue weighted by molar-refractivity contribution is 5.95. The Kier molecular flexibility index (Phi) is 7.38. The molecule has 1 aromatic rings. The number of urea groups is 1. The molecule has 112 valence electrons. The average molecular weight is 283 g/mol. The van der Waals surface area contributed by atoms with Gasteiger partial charge in [0.05, 0.1) is 19.4 Å². The van der Waals surface area contributed by atoms with Gasteiger partial charge in [0.2, 0.25) is 5.91 Å². The molecule has 0 bridgehead atoms. The summed E-state index contributed by atoms with van der Waals surface area (Å²) in [4.78, 5) is 25.0. The van der Waals surface area contributed by atoms with Crippen LogP contribution in [0.1, 0.15) is 19.1 Å². The van der Waals surface area contributed by atoms with Crippen LogP contribution in [-0.2, 0) is 11.3 Å². The Bertz CT molecular complexity index is 406. The van der Waals surface area contributed by atoms with Crippen molar-refractivity contribution in [3.05, 3.63) is 24.2 Å². The summed E-state index contributed by atoms with van der Waals surface area (Å²) in [5.41, 5.74) is 0. The lowest BCUT2D eigenvalue weighted by Gasteiger charge is -2.18. The summed E-state index contributed by atoms with van der Waals surface area (Å²) in [5.74, 6) is 0.243. The molecule has 0 saturated carbocycles. The van der Waals surface area contributed by atoms with E-state index in [1.165, 1.54) is 6.26 Å². The second-order valence-electron chi connectivity index (χ2n) is 4.26. The molecule has 0 atom stereocenters. The first-order valence-corrected chi connectivity index (χ1v) is 6.59. The number of aliphatic hydroxyl groups excluding tert-OH is 1. The fourth-order valence-corrected chi connectivity index (χ4v) is 1.64. The molecule has 0 aliphatic rings. The van der Waals surface area contributed by atoms with Crippen LogP contribution in [-0.4, -0.2) is 48.2 Å². The number of hydrogen-bond acceptors (Lipinski definition) is 5. The number of rotatable bonds is 8. The minimum atomic E-state index is -0.551. The Balaban J connectivity index is 2.24. The number of carbonyl (C=O) groups excluding carboxylic acids is 2. The SMILES string of the molecule is CCN(CCCO)CC(=O)NC(=O)NCc1ccco1. The van der Waals surface area contributed by atoms with Gasteiger partial charge in [-0.25, -0.2) is 4.79 Å². The zero-order chi connectivity index (χ0) is 14.8. The van der Waals surface area contributed by atoms with E-state index in [0.29, 0.717) is 25.3 Å². The van der Waals surface area contributed by atoms with Crippen molar-refractivity contribution in [1.29, 1.82) is 0 Å². The van der Waals surface area contributed by atoms with E-state index in [1.54, 1.807) is 12.1 Å². The summed E-state index contributed by atoms with van der Waals surface area (Å²) in [6.45, 7) is 3.66. The van der Waals surface area contributed by atoms with E-state index in [4.69, 9.17) is 9.52 Å². The summed E-state index contributed by atoms with van der Waals surface area (Å²) in [7, 11) is 0. The number of nitrogens with zero attached hydrogens (tertiary/aromatic N) is 1. The number of furan rings is 1. The Hall–Kier alpha value is -1.86. The predicted molar refractivity (Wildman–Crippen MR) is 72.9 cm³/mol. The number of likely N-dealkylation sites (N-methyl/N-ethyl adjacent to an activating group) is 1. The lowest BCUT2D eigenvalue weighted by molar-refractivity contribution is -0.121. The molecule has 3 N–H and O–H groups in total. The monoisotopic (exact) mass is 283 g/mol. The Labute approximate surface area is 117 Å². The lowest BCUT2D eigenvalue weighted by Crippen LogP contribution is -2.44. The van der Waals surface area contributed by atoms with Crippen LogP contribution in [0.15, 0.2) is 22.8 Å². The second-order valence-corrected chi connectivity index (χ2v) is 4.26. The van der Waals surface area contributed by atoms with Gasteiger partial charge in [0.15, 0.2) is 0 Å². The van der Waals surface area contributed by atoms with Gasteiger partial charge in [0.25, 0.3) is 0 Å². The van der Waals surface area contributed by atoms with Crippen LogP contribution in [0, 0.1) is 0 Å². The standard InChI is InChI=1S/C13H21N3O4/c1-2-16(6-4-7-17)10-12(18)15-13(19)14-9-11-5-3-8-20-11/h3,5,8,17H,2,4,6-7,9-10H2,1H3,(H2,14,15,18,19). The summed E-state index contributed by atoms with van der Waals surface area (Å²) in [5, 5.41) is 13.5. The number of hydrogen-bond donors (Lipinski definition) is 3. The number of nitrogens with one attached hydrogen (secondary N) is 2. The van der Waals surface area contributed by atoms with Crippen molar-refractivity contribution >= 4 is 11.9 Å². The minimum Gasteiger partial charge on any atom is -0.467 e.